The van der Waals surface area contributed by atoms with Gasteiger partial charge in [0.05, 0.1) is 20.5 Å². The summed E-state index contributed by atoms with van der Waals surface area (Å²) in [6, 6.07) is 4.16. The molecule has 0 aliphatic heterocycles. The van der Waals surface area contributed by atoms with Gasteiger partial charge in [0.2, 0.25) is 0 Å². The molecule has 0 bridgehead atoms. The highest BCUT2D eigenvalue weighted by molar-refractivity contribution is 14.1. The Morgan fingerprint density at radius 2 is 1.23 bits per heavy atom. The van der Waals surface area contributed by atoms with E-state index in [2.05, 4.69) is 0 Å². The number of benzene rings is 2. The van der Waals surface area contributed by atoms with Gasteiger partial charge in [-0.3, -0.25) is 4.79 Å². The highest BCUT2D eigenvalue weighted by Crippen LogP contribution is 2.36. The average molecular weight is 643 g/mol. The molecule has 12 heteroatoms. The second kappa shape index (κ2) is 10.8. The number of anilines is 2. The standard InChI is InChI=1S/C23H23Cl2F2IN2O5/c1-22(2,3)34-20(32)29(17-9-12(24)7-15(26)14(17)11-31)30(21(33)35-23(4,5)6)18-10-13(25)8-16(27)19(18)28/h7-11H,1-6H3. The minimum absolute atomic E-state index is 0.108. The highest BCUT2D eigenvalue weighted by Gasteiger charge is 2.39. The van der Waals surface area contributed by atoms with Gasteiger partial charge in [-0.15, -0.1) is 0 Å². The maximum Gasteiger partial charge on any atom is 0.434 e. The Balaban J connectivity index is 2.97. The molecule has 35 heavy (non-hydrogen) atoms. The molecule has 0 spiro atoms. The number of hydrogen-bond acceptors (Lipinski definition) is 5. The first-order valence-electron chi connectivity index (χ1n) is 10.1. The molecule has 0 saturated heterocycles. The summed E-state index contributed by atoms with van der Waals surface area (Å²) < 4.78 is 40.2. The van der Waals surface area contributed by atoms with E-state index in [1.807, 2.05) is 0 Å². The minimum Gasteiger partial charge on any atom is -0.442 e. The molecular formula is C23H23Cl2F2IN2O5. The first-order valence-corrected chi connectivity index (χ1v) is 11.9. The first kappa shape index (κ1) is 29.1. The van der Waals surface area contributed by atoms with E-state index in [-0.39, 0.29) is 25.6 Å². The predicted octanol–water partition coefficient (Wildman–Crippen LogP) is 7.79. The molecule has 7 nitrogen and oxygen atoms in total. The zero-order valence-electron chi connectivity index (χ0n) is 19.7. The number of rotatable bonds is 3. The van der Waals surface area contributed by atoms with Crippen molar-refractivity contribution in [2.75, 3.05) is 10.0 Å². The number of nitrogens with zero attached hydrogens (tertiary/aromatic N) is 2. The van der Waals surface area contributed by atoms with E-state index in [0.29, 0.717) is 10.0 Å². The molecular weight excluding hydrogens is 620 g/mol. The summed E-state index contributed by atoms with van der Waals surface area (Å²) in [7, 11) is 0. The molecule has 0 aromatic heterocycles. The Kier molecular flexibility index (Phi) is 8.99. The van der Waals surface area contributed by atoms with E-state index in [9.17, 15) is 23.2 Å². The highest BCUT2D eigenvalue weighted by atomic mass is 127. The van der Waals surface area contributed by atoms with E-state index in [1.165, 1.54) is 6.07 Å². The smallest absolute Gasteiger partial charge is 0.434 e. The summed E-state index contributed by atoms with van der Waals surface area (Å²) in [5.74, 6) is -1.87. The van der Waals surface area contributed by atoms with Crippen LogP contribution >= 0.6 is 45.8 Å². The van der Waals surface area contributed by atoms with Gasteiger partial charge < -0.3 is 9.47 Å². The molecule has 0 aliphatic carbocycles. The molecule has 0 atom stereocenters. The molecule has 0 unspecified atom stereocenters. The van der Waals surface area contributed by atoms with Crippen molar-refractivity contribution < 1.29 is 32.6 Å². The fourth-order valence-electron chi connectivity index (χ4n) is 2.75. The number of halogens is 5. The predicted molar refractivity (Wildman–Crippen MR) is 138 cm³/mol. The monoisotopic (exact) mass is 642 g/mol. The summed E-state index contributed by atoms with van der Waals surface area (Å²) >= 11 is 13.7. The molecule has 0 aliphatic rings. The SMILES string of the molecule is CC(C)(C)OC(=O)N(c1cc(Cl)cc(F)c1I)N(C(=O)OC(C)(C)C)c1cc(Cl)cc(F)c1C=O. The Hall–Kier alpha value is -2.18. The second-order valence-corrected chi connectivity index (χ2v) is 11.2. The van der Waals surface area contributed by atoms with Crippen molar-refractivity contribution in [3.8, 4) is 0 Å². The minimum atomic E-state index is -1.20. The maximum absolute atomic E-state index is 14.7. The van der Waals surface area contributed by atoms with Gasteiger partial charge in [0.1, 0.15) is 22.8 Å². The van der Waals surface area contributed by atoms with Gasteiger partial charge in [0.25, 0.3) is 0 Å². The molecule has 2 rings (SSSR count). The van der Waals surface area contributed by atoms with Crippen LogP contribution in [0.1, 0.15) is 51.9 Å². The maximum atomic E-state index is 14.7. The Labute approximate surface area is 225 Å². The number of ether oxygens (including phenoxy) is 2. The average Bonchev–Trinajstić information content (AvgIpc) is 2.65. The summed E-state index contributed by atoms with van der Waals surface area (Å²) in [6.45, 7) is 9.38. The molecule has 0 heterocycles. The third kappa shape index (κ3) is 7.40. The third-order valence-corrected chi connectivity index (χ3v) is 5.46. The topological polar surface area (TPSA) is 76.2 Å². The lowest BCUT2D eigenvalue weighted by Crippen LogP contribution is -2.54. The summed E-state index contributed by atoms with van der Waals surface area (Å²) in [6.07, 6.45) is -2.22. The molecule has 0 fully saturated rings. The summed E-state index contributed by atoms with van der Waals surface area (Å²) in [5, 5.41) is 0.885. The Morgan fingerprint density at radius 3 is 1.66 bits per heavy atom. The third-order valence-electron chi connectivity index (χ3n) is 3.95. The van der Waals surface area contributed by atoms with Crippen LogP contribution in [0.4, 0.5) is 29.7 Å². The van der Waals surface area contributed by atoms with E-state index < -0.39 is 46.3 Å². The number of carbonyl (C=O) groups is 3. The van der Waals surface area contributed by atoms with Crippen LogP contribution in [0.2, 0.25) is 10.0 Å². The van der Waals surface area contributed by atoms with Crippen LogP contribution in [0, 0.1) is 15.2 Å². The van der Waals surface area contributed by atoms with Crippen LogP contribution in [-0.4, -0.2) is 29.7 Å². The van der Waals surface area contributed by atoms with Crippen LogP contribution in [0.5, 0.6) is 0 Å². The van der Waals surface area contributed by atoms with E-state index >= 15 is 0 Å². The number of amides is 2. The van der Waals surface area contributed by atoms with Crippen molar-refractivity contribution in [3.63, 3.8) is 0 Å². The van der Waals surface area contributed by atoms with Crippen LogP contribution in [0.3, 0.4) is 0 Å². The van der Waals surface area contributed by atoms with Gasteiger partial charge >= 0.3 is 12.2 Å². The summed E-state index contributed by atoms with van der Waals surface area (Å²) in [5.41, 5.74) is -3.43. The fraction of sp³-hybridized carbons (Fsp3) is 0.348. The van der Waals surface area contributed by atoms with Crippen molar-refractivity contribution in [1.29, 1.82) is 0 Å². The molecule has 2 aromatic rings. The van der Waals surface area contributed by atoms with E-state index in [0.717, 1.165) is 18.2 Å². The Morgan fingerprint density at radius 1 is 0.829 bits per heavy atom. The van der Waals surface area contributed by atoms with Crippen LogP contribution in [0.15, 0.2) is 24.3 Å². The number of carbonyl (C=O) groups excluding carboxylic acids is 3. The van der Waals surface area contributed by atoms with Crippen molar-refractivity contribution >= 4 is 75.6 Å². The Bertz CT molecular complexity index is 1170. The molecule has 0 radical (unpaired) electrons. The fourth-order valence-corrected chi connectivity index (χ4v) is 3.68. The zero-order chi connectivity index (χ0) is 26.9. The first-order chi connectivity index (χ1) is 15.9. The normalized spacial score (nSPS) is 11.6. The van der Waals surface area contributed by atoms with Crippen molar-refractivity contribution in [3.05, 3.63) is 55.1 Å². The largest absolute Gasteiger partial charge is 0.442 e. The number of hydrogen-bond donors (Lipinski definition) is 0. The van der Waals surface area contributed by atoms with Crippen molar-refractivity contribution in [2.45, 2.75) is 52.7 Å². The van der Waals surface area contributed by atoms with Gasteiger partial charge in [-0.2, -0.15) is 10.0 Å². The van der Waals surface area contributed by atoms with Gasteiger partial charge in [-0.25, -0.2) is 18.4 Å². The number of aldehydes is 1. The van der Waals surface area contributed by atoms with Gasteiger partial charge in [-0.05, 0) is 88.4 Å². The van der Waals surface area contributed by atoms with E-state index in [4.69, 9.17) is 32.7 Å². The molecule has 0 saturated carbocycles. The second-order valence-electron chi connectivity index (χ2n) is 9.24. The van der Waals surface area contributed by atoms with Gasteiger partial charge in [-0.1, -0.05) is 23.2 Å². The molecule has 0 N–H and O–H groups in total. The van der Waals surface area contributed by atoms with Crippen LogP contribution in [0.25, 0.3) is 0 Å². The van der Waals surface area contributed by atoms with Gasteiger partial charge in [0, 0.05) is 10.0 Å². The lowest BCUT2D eigenvalue weighted by Gasteiger charge is -2.37. The van der Waals surface area contributed by atoms with Crippen LogP contribution in [-0.2, 0) is 9.47 Å². The number of hydrazine groups is 1. The van der Waals surface area contributed by atoms with Crippen molar-refractivity contribution in [1.82, 2.24) is 0 Å². The molecule has 190 valence electrons. The van der Waals surface area contributed by atoms with Crippen LogP contribution < -0.4 is 10.0 Å². The summed E-state index contributed by atoms with van der Waals surface area (Å²) in [4.78, 5) is 38.7. The quantitative estimate of drug-likeness (QED) is 0.148. The molecule has 2 aromatic carbocycles. The zero-order valence-corrected chi connectivity index (χ0v) is 23.4. The lowest BCUT2D eigenvalue weighted by atomic mass is 10.1. The lowest BCUT2D eigenvalue weighted by molar-refractivity contribution is 0.0479. The van der Waals surface area contributed by atoms with E-state index in [1.54, 1.807) is 64.1 Å². The molecule has 2 amide bonds. The van der Waals surface area contributed by atoms with Crippen molar-refractivity contribution in [2.24, 2.45) is 0 Å². The van der Waals surface area contributed by atoms with Gasteiger partial charge in [0.15, 0.2) is 6.29 Å².